The molecule has 5 heteroatoms. The van der Waals surface area contributed by atoms with Gasteiger partial charge in [0.1, 0.15) is 5.75 Å². The van der Waals surface area contributed by atoms with Crippen molar-refractivity contribution in [1.82, 2.24) is 9.97 Å². The van der Waals surface area contributed by atoms with Crippen molar-refractivity contribution in [3.05, 3.63) is 64.4 Å². The molecule has 1 unspecified atom stereocenters. The first kappa shape index (κ1) is 14.8. The van der Waals surface area contributed by atoms with Gasteiger partial charge in [0.25, 0.3) is 5.56 Å². The normalized spacial score (nSPS) is 17.4. The van der Waals surface area contributed by atoms with Gasteiger partial charge >= 0.3 is 0 Å². The number of hydrogen-bond donors (Lipinski definition) is 1. The predicted molar refractivity (Wildman–Crippen MR) is 94.7 cm³/mol. The van der Waals surface area contributed by atoms with E-state index in [0.29, 0.717) is 11.3 Å². The fourth-order valence-corrected chi connectivity index (χ4v) is 3.43. The third kappa shape index (κ3) is 2.52. The molecular weight excluding hydrogens is 302 g/mol. The van der Waals surface area contributed by atoms with E-state index in [2.05, 4.69) is 27.0 Å². The molecule has 0 amide bonds. The Morgan fingerprint density at radius 3 is 2.96 bits per heavy atom. The van der Waals surface area contributed by atoms with Gasteiger partial charge in [0.05, 0.1) is 24.1 Å². The van der Waals surface area contributed by atoms with Crippen molar-refractivity contribution in [2.75, 3.05) is 18.6 Å². The van der Waals surface area contributed by atoms with E-state index in [1.807, 2.05) is 30.3 Å². The molecule has 2 heterocycles. The Morgan fingerprint density at radius 1 is 1.21 bits per heavy atom. The van der Waals surface area contributed by atoms with E-state index in [-0.39, 0.29) is 11.6 Å². The van der Waals surface area contributed by atoms with Gasteiger partial charge in [-0.3, -0.25) is 9.78 Å². The molecule has 1 aliphatic rings. The lowest BCUT2D eigenvalue weighted by molar-refractivity contribution is 0.414. The maximum Gasteiger partial charge on any atom is 0.260 e. The van der Waals surface area contributed by atoms with Crippen LogP contribution in [0.5, 0.6) is 5.75 Å². The van der Waals surface area contributed by atoms with Crippen molar-refractivity contribution < 1.29 is 4.74 Å². The van der Waals surface area contributed by atoms with Gasteiger partial charge in [0.15, 0.2) is 0 Å². The molecule has 0 radical (unpaired) electrons. The lowest BCUT2D eigenvalue weighted by Gasteiger charge is -2.26. The van der Waals surface area contributed by atoms with E-state index >= 15 is 0 Å². The first-order valence-electron chi connectivity index (χ1n) is 8.16. The summed E-state index contributed by atoms with van der Waals surface area (Å²) in [6.07, 6.45) is 2.10. The van der Waals surface area contributed by atoms with Crippen LogP contribution in [-0.4, -0.2) is 23.6 Å². The largest absolute Gasteiger partial charge is 0.497 e. The Labute approximate surface area is 139 Å². The van der Waals surface area contributed by atoms with Crippen LogP contribution in [0.4, 0.5) is 5.95 Å². The summed E-state index contributed by atoms with van der Waals surface area (Å²) in [7, 11) is 1.67. The minimum atomic E-state index is -0.0908. The molecule has 4 rings (SSSR count). The fourth-order valence-electron chi connectivity index (χ4n) is 3.43. The zero-order valence-corrected chi connectivity index (χ0v) is 13.5. The summed E-state index contributed by atoms with van der Waals surface area (Å²) < 4.78 is 5.34. The van der Waals surface area contributed by atoms with E-state index in [4.69, 9.17) is 4.74 Å². The van der Waals surface area contributed by atoms with Gasteiger partial charge in [0.2, 0.25) is 5.95 Å². The van der Waals surface area contributed by atoms with E-state index < -0.39 is 0 Å². The Morgan fingerprint density at radius 2 is 2.08 bits per heavy atom. The van der Waals surface area contributed by atoms with Gasteiger partial charge in [-0.05, 0) is 42.7 Å². The highest BCUT2D eigenvalue weighted by Gasteiger charge is 2.28. The van der Waals surface area contributed by atoms with Crippen LogP contribution < -0.4 is 15.2 Å². The van der Waals surface area contributed by atoms with Gasteiger partial charge in [-0.1, -0.05) is 24.3 Å². The van der Waals surface area contributed by atoms with E-state index in [1.54, 1.807) is 13.2 Å². The Balaban J connectivity index is 1.76. The summed E-state index contributed by atoms with van der Waals surface area (Å²) in [5.41, 5.74) is 1.82. The molecule has 3 aromatic rings. The summed E-state index contributed by atoms with van der Waals surface area (Å²) in [4.78, 5) is 22.2. The molecule has 24 heavy (non-hydrogen) atoms. The monoisotopic (exact) mass is 321 g/mol. The fraction of sp³-hybridized carbons (Fsp3) is 0.263. The van der Waals surface area contributed by atoms with E-state index in [0.717, 1.165) is 30.7 Å². The van der Waals surface area contributed by atoms with Crippen LogP contribution in [0.25, 0.3) is 10.9 Å². The number of nitrogens with zero attached hydrogens (tertiary/aromatic N) is 2. The van der Waals surface area contributed by atoms with Crippen molar-refractivity contribution in [3.63, 3.8) is 0 Å². The second-order valence-corrected chi connectivity index (χ2v) is 6.03. The summed E-state index contributed by atoms with van der Waals surface area (Å²) in [6.45, 7) is 0.878. The smallest absolute Gasteiger partial charge is 0.260 e. The molecule has 122 valence electrons. The number of benzene rings is 2. The Kier molecular flexibility index (Phi) is 3.69. The van der Waals surface area contributed by atoms with Crippen molar-refractivity contribution in [1.29, 1.82) is 0 Å². The lowest BCUT2D eigenvalue weighted by atomic mass is 10.0. The van der Waals surface area contributed by atoms with E-state index in [9.17, 15) is 4.79 Å². The molecule has 1 N–H and O–H groups in total. The third-order valence-electron chi connectivity index (χ3n) is 4.60. The standard InChI is InChI=1S/C19H19N3O2/c1-24-14-7-4-6-13(12-14)17-10-5-11-22(17)19-20-16-9-3-2-8-15(16)18(23)21-19/h2-4,6-9,12,17H,5,10-11H2,1H3,(H,20,21,23). The number of aromatic nitrogens is 2. The summed E-state index contributed by atoms with van der Waals surface area (Å²) in [5, 5.41) is 0.623. The Hall–Kier alpha value is -2.82. The highest BCUT2D eigenvalue weighted by Crippen LogP contribution is 2.35. The van der Waals surface area contributed by atoms with Crippen LogP contribution in [0.1, 0.15) is 24.4 Å². The highest BCUT2D eigenvalue weighted by molar-refractivity contribution is 5.78. The molecule has 1 aliphatic heterocycles. The van der Waals surface area contributed by atoms with E-state index in [1.165, 1.54) is 5.56 Å². The number of H-pyrrole nitrogens is 1. The number of aromatic amines is 1. The quantitative estimate of drug-likeness (QED) is 0.804. The predicted octanol–water partition coefficient (Wildman–Crippen LogP) is 3.27. The maximum absolute atomic E-state index is 12.4. The van der Waals surface area contributed by atoms with Gasteiger partial charge in [-0.25, -0.2) is 4.98 Å². The first-order chi connectivity index (χ1) is 11.8. The number of para-hydroxylation sites is 1. The number of anilines is 1. The zero-order chi connectivity index (χ0) is 16.5. The molecule has 5 nitrogen and oxygen atoms in total. The molecule has 0 saturated carbocycles. The summed E-state index contributed by atoms with van der Waals surface area (Å²) >= 11 is 0. The average Bonchev–Trinajstić information content (AvgIpc) is 3.11. The van der Waals surface area contributed by atoms with Crippen LogP contribution >= 0.6 is 0 Å². The summed E-state index contributed by atoms with van der Waals surface area (Å²) in [5.74, 6) is 1.49. The van der Waals surface area contributed by atoms with Crippen molar-refractivity contribution >= 4 is 16.9 Å². The minimum absolute atomic E-state index is 0.0908. The van der Waals surface area contributed by atoms with Crippen LogP contribution in [0.2, 0.25) is 0 Å². The molecule has 0 spiro atoms. The third-order valence-corrected chi connectivity index (χ3v) is 4.60. The average molecular weight is 321 g/mol. The number of ether oxygens (including phenoxy) is 1. The van der Waals surface area contributed by atoms with Crippen molar-refractivity contribution in [3.8, 4) is 5.75 Å². The number of hydrogen-bond acceptors (Lipinski definition) is 4. The maximum atomic E-state index is 12.4. The lowest BCUT2D eigenvalue weighted by Crippen LogP contribution is -2.27. The van der Waals surface area contributed by atoms with Crippen molar-refractivity contribution in [2.24, 2.45) is 0 Å². The molecule has 1 fully saturated rings. The molecule has 0 aliphatic carbocycles. The van der Waals surface area contributed by atoms with Crippen molar-refractivity contribution in [2.45, 2.75) is 18.9 Å². The number of methoxy groups -OCH3 is 1. The number of nitrogens with one attached hydrogen (secondary N) is 1. The van der Waals surface area contributed by atoms with Crippen LogP contribution in [0, 0.1) is 0 Å². The number of fused-ring (bicyclic) bond motifs is 1. The second kappa shape index (κ2) is 6.00. The zero-order valence-electron chi connectivity index (χ0n) is 13.5. The Bertz CT molecular complexity index is 935. The number of rotatable bonds is 3. The molecule has 1 saturated heterocycles. The van der Waals surface area contributed by atoms with Crippen LogP contribution in [0.15, 0.2) is 53.3 Å². The highest BCUT2D eigenvalue weighted by atomic mass is 16.5. The van der Waals surface area contributed by atoms with Gasteiger partial charge in [-0.15, -0.1) is 0 Å². The van der Waals surface area contributed by atoms with Crippen LogP contribution in [0.3, 0.4) is 0 Å². The van der Waals surface area contributed by atoms with Gasteiger partial charge in [-0.2, -0.15) is 0 Å². The molecule has 2 aromatic carbocycles. The van der Waals surface area contributed by atoms with Gasteiger partial charge < -0.3 is 9.64 Å². The molecule has 1 atom stereocenters. The minimum Gasteiger partial charge on any atom is -0.497 e. The molecular formula is C19H19N3O2. The second-order valence-electron chi connectivity index (χ2n) is 6.03. The molecule has 1 aromatic heterocycles. The molecule has 0 bridgehead atoms. The SMILES string of the molecule is COc1cccc(C2CCCN2c2nc3ccccc3c(=O)[nH]2)c1. The van der Waals surface area contributed by atoms with Gasteiger partial charge in [0, 0.05) is 6.54 Å². The first-order valence-corrected chi connectivity index (χ1v) is 8.16. The summed E-state index contributed by atoms with van der Waals surface area (Å²) in [6, 6.07) is 15.7. The van der Waals surface area contributed by atoms with Crippen LogP contribution in [-0.2, 0) is 0 Å². The topological polar surface area (TPSA) is 58.2 Å².